The third-order valence-corrected chi connectivity index (χ3v) is 2.71. The lowest BCUT2D eigenvalue weighted by Crippen LogP contribution is -2.32. The molecule has 0 aromatic heterocycles. The second kappa shape index (κ2) is 6.83. The van der Waals surface area contributed by atoms with Gasteiger partial charge in [-0.05, 0) is 38.0 Å². The summed E-state index contributed by atoms with van der Waals surface area (Å²) in [5.41, 5.74) is 2.25. The zero-order valence-corrected chi connectivity index (χ0v) is 11.1. The molecule has 1 amide bonds. The minimum atomic E-state index is -0.208. The maximum absolute atomic E-state index is 12.1. The number of benzene rings is 1. The fourth-order valence-corrected chi connectivity index (χ4v) is 1.50. The molecule has 1 atom stereocenters. The third kappa shape index (κ3) is 3.90. The predicted octanol–water partition coefficient (Wildman–Crippen LogP) is 1.87. The Labute approximate surface area is 108 Å². The topological polar surface area (TPSA) is 49.3 Å². The van der Waals surface area contributed by atoms with Crippen molar-refractivity contribution in [2.45, 2.75) is 33.2 Å². The Bertz CT molecular complexity index is 483. The fourth-order valence-electron chi connectivity index (χ4n) is 1.50. The van der Waals surface area contributed by atoms with E-state index in [2.05, 4.69) is 17.2 Å². The van der Waals surface area contributed by atoms with E-state index < -0.39 is 0 Å². The van der Waals surface area contributed by atoms with Crippen LogP contribution in [0.1, 0.15) is 41.8 Å². The van der Waals surface area contributed by atoms with Gasteiger partial charge in [-0.3, -0.25) is 4.79 Å². The molecule has 0 heterocycles. The van der Waals surface area contributed by atoms with Gasteiger partial charge in [-0.2, -0.15) is 0 Å². The number of hydrogen-bond acceptors (Lipinski definition) is 2. The van der Waals surface area contributed by atoms with Crippen molar-refractivity contribution in [1.82, 2.24) is 5.32 Å². The second-order valence-electron chi connectivity index (χ2n) is 4.29. The summed E-state index contributed by atoms with van der Waals surface area (Å²) >= 11 is 0. The van der Waals surface area contributed by atoms with Gasteiger partial charge in [0.25, 0.3) is 5.91 Å². The van der Waals surface area contributed by atoms with Gasteiger partial charge in [0.15, 0.2) is 0 Å². The van der Waals surface area contributed by atoms with E-state index in [0.29, 0.717) is 11.1 Å². The predicted molar refractivity (Wildman–Crippen MR) is 72.4 cm³/mol. The van der Waals surface area contributed by atoms with E-state index in [9.17, 15) is 4.79 Å². The Morgan fingerprint density at radius 3 is 2.83 bits per heavy atom. The van der Waals surface area contributed by atoms with Crippen LogP contribution in [0.25, 0.3) is 0 Å². The normalized spacial score (nSPS) is 11.3. The van der Waals surface area contributed by atoms with Crippen molar-refractivity contribution >= 4 is 5.91 Å². The minimum Gasteiger partial charge on any atom is -0.384 e. The van der Waals surface area contributed by atoms with E-state index in [1.54, 1.807) is 6.07 Å². The van der Waals surface area contributed by atoms with E-state index in [1.807, 2.05) is 32.9 Å². The molecule has 1 rings (SSSR count). The van der Waals surface area contributed by atoms with Gasteiger partial charge in [-0.1, -0.05) is 24.8 Å². The number of rotatable bonds is 3. The molecule has 3 heteroatoms. The average Bonchev–Trinajstić information content (AvgIpc) is 2.36. The molecule has 1 aromatic rings. The molecule has 0 aliphatic rings. The molecular weight excluding hydrogens is 226 g/mol. The first-order valence-corrected chi connectivity index (χ1v) is 6.09. The van der Waals surface area contributed by atoms with Gasteiger partial charge in [-0.15, -0.1) is 0 Å². The van der Waals surface area contributed by atoms with E-state index in [0.717, 1.165) is 12.0 Å². The van der Waals surface area contributed by atoms with Crippen LogP contribution >= 0.6 is 0 Å². The Morgan fingerprint density at radius 2 is 2.22 bits per heavy atom. The molecule has 96 valence electrons. The number of hydrogen-bond donors (Lipinski definition) is 2. The summed E-state index contributed by atoms with van der Waals surface area (Å²) in [5, 5.41) is 11.6. The number of amides is 1. The maximum atomic E-state index is 12.1. The molecule has 2 N–H and O–H groups in total. The molecule has 0 aliphatic carbocycles. The zero-order chi connectivity index (χ0) is 13.5. The number of carbonyl (C=O) groups is 1. The molecule has 0 radical (unpaired) electrons. The van der Waals surface area contributed by atoms with Crippen LogP contribution in [-0.2, 0) is 0 Å². The lowest BCUT2D eigenvalue weighted by atomic mass is 10.0. The minimum absolute atomic E-state index is 0.119. The van der Waals surface area contributed by atoms with Crippen molar-refractivity contribution in [1.29, 1.82) is 0 Å². The summed E-state index contributed by atoms with van der Waals surface area (Å²) in [6.07, 6.45) is 0.884. The Balaban J connectivity index is 3.03. The maximum Gasteiger partial charge on any atom is 0.252 e. The molecule has 0 bridgehead atoms. The number of carbonyl (C=O) groups excluding carboxylic acids is 1. The standard InChI is InChI=1S/C15H19NO2/c1-4-12(3)16-15(18)14-8-7-11(2)10-13(14)6-5-9-17/h7-8,10,12,17H,4,9H2,1-3H3,(H,16,18). The summed E-state index contributed by atoms with van der Waals surface area (Å²) in [6.45, 7) is 5.72. The molecule has 3 nitrogen and oxygen atoms in total. The van der Waals surface area contributed by atoms with E-state index in [4.69, 9.17) is 5.11 Å². The largest absolute Gasteiger partial charge is 0.384 e. The van der Waals surface area contributed by atoms with Crippen molar-refractivity contribution < 1.29 is 9.90 Å². The molecular formula is C15H19NO2. The Hall–Kier alpha value is -1.79. The van der Waals surface area contributed by atoms with Crippen molar-refractivity contribution in [2.75, 3.05) is 6.61 Å². The lowest BCUT2D eigenvalue weighted by Gasteiger charge is -2.12. The average molecular weight is 245 g/mol. The van der Waals surface area contributed by atoms with Gasteiger partial charge in [0, 0.05) is 11.6 Å². The molecule has 0 saturated heterocycles. The van der Waals surface area contributed by atoms with Crippen LogP contribution in [0.4, 0.5) is 0 Å². The number of aryl methyl sites for hydroxylation is 1. The number of aliphatic hydroxyl groups excluding tert-OH is 1. The van der Waals surface area contributed by atoms with Crippen LogP contribution in [0.15, 0.2) is 18.2 Å². The lowest BCUT2D eigenvalue weighted by molar-refractivity contribution is 0.0939. The summed E-state index contributed by atoms with van der Waals surface area (Å²) < 4.78 is 0. The first-order valence-electron chi connectivity index (χ1n) is 6.09. The van der Waals surface area contributed by atoms with Crippen molar-refractivity contribution in [3.63, 3.8) is 0 Å². The van der Waals surface area contributed by atoms with Gasteiger partial charge in [0.05, 0.1) is 5.56 Å². The highest BCUT2D eigenvalue weighted by molar-refractivity contribution is 5.97. The van der Waals surface area contributed by atoms with Gasteiger partial charge in [0.2, 0.25) is 0 Å². The SMILES string of the molecule is CCC(C)NC(=O)c1ccc(C)cc1C#CCO. The Kier molecular flexibility index (Phi) is 5.41. The highest BCUT2D eigenvalue weighted by Gasteiger charge is 2.12. The van der Waals surface area contributed by atoms with Crippen molar-refractivity contribution in [2.24, 2.45) is 0 Å². The van der Waals surface area contributed by atoms with Crippen LogP contribution in [-0.4, -0.2) is 23.7 Å². The van der Waals surface area contributed by atoms with Crippen LogP contribution in [0.2, 0.25) is 0 Å². The quantitative estimate of drug-likeness (QED) is 0.799. The van der Waals surface area contributed by atoms with Crippen LogP contribution < -0.4 is 5.32 Å². The van der Waals surface area contributed by atoms with Crippen LogP contribution in [0, 0.1) is 18.8 Å². The third-order valence-electron chi connectivity index (χ3n) is 2.71. The van der Waals surface area contributed by atoms with Crippen molar-refractivity contribution in [3.8, 4) is 11.8 Å². The number of aliphatic hydroxyl groups is 1. The van der Waals surface area contributed by atoms with Crippen LogP contribution in [0.5, 0.6) is 0 Å². The smallest absolute Gasteiger partial charge is 0.252 e. The molecule has 1 unspecified atom stereocenters. The van der Waals surface area contributed by atoms with E-state index in [-0.39, 0.29) is 18.6 Å². The first kappa shape index (κ1) is 14.3. The molecule has 18 heavy (non-hydrogen) atoms. The summed E-state index contributed by atoms with van der Waals surface area (Å²) in [5.74, 6) is 5.28. The fraction of sp³-hybridized carbons (Fsp3) is 0.400. The van der Waals surface area contributed by atoms with Gasteiger partial charge >= 0.3 is 0 Å². The molecule has 0 spiro atoms. The molecule has 0 saturated carbocycles. The van der Waals surface area contributed by atoms with Gasteiger partial charge in [0.1, 0.15) is 6.61 Å². The van der Waals surface area contributed by atoms with E-state index >= 15 is 0 Å². The molecule has 0 aliphatic heterocycles. The van der Waals surface area contributed by atoms with Crippen LogP contribution in [0.3, 0.4) is 0 Å². The van der Waals surface area contributed by atoms with Gasteiger partial charge in [-0.25, -0.2) is 0 Å². The summed E-state index contributed by atoms with van der Waals surface area (Å²) in [7, 11) is 0. The van der Waals surface area contributed by atoms with Gasteiger partial charge < -0.3 is 10.4 Å². The molecule has 1 aromatic carbocycles. The zero-order valence-electron chi connectivity index (χ0n) is 11.1. The first-order chi connectivity index (χ1) is 8.58. The monoisotopic (exact) mass is 245 g/mol. The summed E-state index contributed by atoms with van der Waals surface area (Å²) in [6, 6.07) is 5.65. The second-order valence-corrected chi connectivity index (χ2v) is 4.29. The Morgan fingerprint density at radius 1 is 1.50 bits per heavy atom. The molecule has 0 fully saturated rings. The van der Waals surface area contributed by atoms with Crippen molar-refractivity contribution in [3.05, 3.63) is 34.9 Å². The van der Waals surface area contributed by atoms with E-state index in [1.165, 1.54) is 0 Å². The highest BCUT2D eigenvalue weighted by Crippen LogP contribution is 2.11. The number of nitrogens with one attached hydrogen (secondary N) is 1. The highest BCUT2D eigenvalue weighted by atomic mass is 16.2. The summed E-state index contributed by atoms with van der Waals surface area (Å²) in [4.78, 5) is 12.1.